The van der Waals surface area contributed by atoms with Crippen molar-refractivity contribution in [1.29, 1.82) is 0 Å². The normalized spacial score (nSPS) is 12.8. The average Bonchev–Trinajstić information content (AvgIpc) is 2.46. The standard InChI is InChI=1S/C16H25F2NO/c1-2-11-19-15(10-12-20-13-16(17)18)9-8-14-6-4-3-5-7-14/h3-7,15-16,19H,2,8-13H2,1H3. The maximum Gasteiger partial charge on any atom is 0.261 e. The lowest BCUT2D eigenvalue weighted by Crippen LogP contribution is -2.31. The lowest BCUT2D eigenvalue weighted by Gasteiger charge is -2.18. The molecule has 1 atom stereocenters. The maximum atomic E-state index is 12.0. The molecule has 0 bridgehead atoms. The van der Waals surface area contributed by atoms with Gasteiger partial charge >= 0.3 is 0 Å². The summed E-state index contributed by atoms with van der Waals surface area (Å²) in [7, 11) is 0. The Morgan fingerprint density at radius 3 is 2.55 bits per heavy atom. The first kappa shape index (κ1) is 17.1. The minimum absolute atomic E-state index is 0.327. The van der Waals surface area contributed by atoms with Gasteiger partial charge < -0.3 is 10.1 Å². The van der Waals surface area contributed by atoms with Crippen molar-refractivity contribution in [3.05, 3.63) is 35.9 Å². The van der Waals surface area contributed by atoms with Crippen LogP contribution in [-0.2, 0) is 11.2 Å². The predicted octanol–water partition coefficient (Wildman–Crippen LogP) is 3.66. The number of rotatable bonds is 11. The van der Waals surface area contributed by atoms with Gasteiger partial charge in [-0.1, -0.05) is 37.3 Å². The lowest BCUT2D eigenvalue weighted by molar-refractivity contribution is 0.0142. The zero-order valence-electron chi connectivity index (χ0n) is 12.2. The second-order valence-corrected chi connectivity index (χ2v) is 4.93. The molecule has 0 saturated carbocycles. The number of ether oxygens (including phenoxy) is 1. The van der Waals surface area contributed by atoms with Crippen molar-refractivity contribution in [3.63, 3.8) is 0 Å². The first-order valence-corrected chi connectivity index (χ1v) is 7.35. The smallest absolute Gasteiger partial charge is 0.261 e. The minimum atomic E-state index is -2.37. The molecular weight excluding hydrogens is 260 g/mol. The number of halogens is 2. The number of nitrogens with one attached hydrogen (secondary N) is 1. The highest BCUT2D eigenvalue weighted by molar-refractivity contribution is 5.14. The van der Waals surface area contributed by atoms with Gasteiger partial charge in [0, 0.05) is 12.6 Å². The molecule has 1 unspecified atom stereocenters. The zero-order chi connectivity index (χ0) is 14.6. The lowest BCUT2D eigenvalue weighted by atomic mass is 10.0. The maximum absolute atomic E-state index is 12.0. The highest BCUT2D eigenvalue weighted by Gasteiger charge is 2.09. The number of alkyl halides is 2. The van der Waals surface area contributed by atoms with Gasteiger partial charge in [-0.2, -0.15) is 0 Å². The Kier molecular flexibility index (Phi) is 9.16. The second-order valence-electron chi connectivity index (χ2n) is 4.93. The third kappa shape index (κ3) is 8.23. The molecule has 0 amide bonds. The van der Waals surface area contributed by atoms with E-state index >= 15 is 0 Å². The van der Waals surface area contributed by atoms with Crippen molar-refractivity contribution in [2.45, 2.75) is 45.1 Å². The van der Waals surface area contributed by atoms with Crippen LogP contribution in [0.25, 0.3) is 0 Å². The van der Waals surface area contributed by atoms with Crippen molar-refractivity contribution in [2.75, 3.05) is 19.8 Å². The predicted molar refractivity (Wildman–Crippen MR) is 78.3 cm³/mol. The summed E-state index contributed by atoms with van der Waals surface area (Å²) < 4.78 is 28.9. The molecule has 0 aliphatic carbocycles. The number of aryl methyl sites for hydroxylation is 1. The summed E-state index contributed by atoms with van der Waals surface area (Å²) in [6.45, 7) is 3.00. The molecule has 0 radical (unpaired) electrons. The van der Waals surface area contributed by atoms with E-state index in [1.165, 1.54) is 5.56 Å². The summed E-state index contributed by atoms with van der Waals surface area (Å²) >= 11 is 0. The largest absolute Gasteiger partial charge is 0.375 e. The number of hydrogen-bond acceptors (Lipinski definition) is 2. The number of benzene rings is 1. The molecule has 0 saturated heterocycles. The molecular formula is C16H25F2NO. The van der Waals surface area contributed by atoms with Gasteiger partial charge in [-0.3, -0.25) is 0 Å². The molecule has 0 heterocycles. The molecule has 0 aromatic heterocycles. The quantitative estimate of drug-likeness (QED) is 0.627. The van der Waals surface area contributed by atoms with Gasteiger partial charge in [0.1, 0.15) is 6.61 Å². The van der Waals surface area contributed by atoms with E-state index < -0.39 is 13.0 Å². The van der Waals surface area contributed by atoms with E-state index in [2.05, 4.69) is 24.4 Å². The molecule has 0 aliphatic rings. The molecule has 0 fully saturated rings. The van der Waals surface area contributed by atoms with Crippen molar-refractivity contribution in [3.8, 4) is 0 Å². The summed E-state index contributed by atoms with van der Waals surface area (Å²) in [5.74, 6) is 0. The molecule has 20 heavy (non-hydrogen) atoms. The Morgan fingerprint density at radius 1 is 1.15 bits per heavy atom. The van der Waals surface area contributed by atoms with Crippen molar-refractivity contribution in [1.82, 2.24) is 5.32 Å². The van der Waals surface area contributed by atoms with Gasteiger partial charge in [0.05, 0.1) is 0 Å². The Balaban J connectivity index is 2.27. The summed E-state index contributed by atoms with van der Waals surface area (Å²) in [5.41, 5.74) is 1.31. The fourth-order valence-electron chi connectivity index (χ4n) is 2.08. The van der Waals surface area contributed by atoms with Crippen LogP contribution in [0.1, 0.15) is 31.7 Å². The molecule has 1 N–H and O–H groups in total. The van der Waals surface area contributed by atoms with E-state index in [9.17, 15) is 8.78 Å². The SMILES string of the molecule is CCCNC(CCOCC(F)F)CCc1ccccc1. The van der Waals surface area contributed by atoms with Crippen molar-refractivity contribution < 1.29 is 13.5 Å². The third-order valence-electron chi connectivity index (χ3n) is 3.16. The second kappa shape index (κ2) is 10.7. The first-order valence-electron chi connectivity index (χ1n) is 7.35. The highest BCUT2D eigenvalue weighted by Crippen LogP contribution is 2.08. The van der Waals surface area contributed by atoms with Gasteiger partial charge in [-0.15, -0.1) is 0 Å². The van der Waals surface area contributed by atoms with Crippen LogP contribution in [0.2, 0.25) is 0 Å². The van der Waals surface area contributed by atoms with E-state index in [1.54, 1.807) is 0 Å². The van der Waals surface area contributed by atoms with E-state index in [0.717, 1.165) is 32.2 Å². The topological polar surface area (TPSA) is 21.3 Å². The molecule has 0 aliphatic heterocycles. The fraction of sp³-hybridized carbons (Fsp3) is 0.625. The van der Waals surface area contributed by atoms with Gasteiger partial charge in [-0.05, 0) is 37.8 Å². The van der Waals surface area contributed by atoms with Crippen LogP contribution in [0, 0.1) is 0 Å². The first-order chi connectivity index (χ1) is 9.72. The molecule has 0 spiro atoms. The van der Waals surface area contributed by atoms with Crippen molar-refractivity contribution in [2.24, 2.45) is 0 Å². The summed E-state index contributed by atoms with van der Waals surface area (Å²) in [4.78, 5) is 0. The molecule has 2 nitrogen and oxygen atoms in total. The van der Waals surface area contributed by atoms with E-state index in [1.807, 2.05) is 18.2 Å². The van der Waals surface area contributed by atoms with Crippen LogP contribution >= 0.6 is 0 Å². The van der Waals surface area contributed by atoms with Crippen LogP contribution in [-0.4, -0.2) is 32.2 Å². The minimum Gasteiger partial charge on any atom is -0.375 e. The van der Waals surface area contributed by atoms with Gasteiger partial charge in [-0.25, -0.2) is 8.78 Å². The van der Waals surface area contributed by atoms with Crippen LogP contribution in [0.3, 0.4) is 0 Å². The monoisotopic (exact) mass is 285 g/mol. The average molecular weight is 285 g/mol. The van der Waals surface area contributed by atoms with E-state index in [0.29, 0.717) is 12.6 Å². The van der Waals surface area contributed by atoms with Crippen LogP contribution in [0.4, 0.5) is 8.78 Å². The Hall–Kier alpha value is -1.00. The Bertz CT molecular complexity index is 333. The molecule has 4 heteroatoms. The van der Waals surface area contributed by atoms with Gasteiger partial charge in [0.2, 0.25) is 0 Å². The van der Waals surface area contributed by atoms with Gasteiger partial charge in [0.25, 0.3) is 6.43 Å². The summed E-state index contributed by atoms with van der Waals surface area (Å²) in [6.07, 6.45) is 1.47. The van der Waals surface area contributed by atoms with Crippen LogP contribution < -0.4 is 5.32 Å². The summed E-state index contributed by atoms with van der Waals surface area (Å²) in [6, 6.07) is 10.6. The van der Waals surface area contributed by atoms with Gasteiger partial charge in [0.15, 0.2) is 0 Å². The Labute approximate surface area is 120 Å². The van der Waals surface area contributed by atoms with Crippen LogP contribution in [0.15, 0.2) is 30.3 Å². The fourth-order valence-corrected chi connectivity index (χ4v) is 2.08. The third-order valence-corrected chi connectivity index (χ3v) is 3.16. The molecule has 1 aromatic carbocycles. The zero-order valence-corrected chi connectivity index (χ0v) is 12.2. The molecule has 1 rings (SSSR count). The van der Waals surface area contributed by atoms with E-state index in [-0.39, 0.29) is 0 Å². The van der Waals surface area contributed by atoms with E-state index in [4.69, 9.17) is 4.74 Å². The molecule has 1 aromatic rings. The number of hydrogen-bond donors (Lipinski definition) is 1. The Morgan fingerprint density at radius 2 is 1.90 bits per heavy atom. The molecule has 114 valence electrons. The highest BCUT2D eigenvalue weighted by atomic mass is 19.3. The van der Waals surface area contributed by atoms with Crippen LogP contribution in [0.5, 0.6) is 0 Å². The van der Waals surface area contributed by atoms with Crippen molar-refractivity contribution >= 4 is 0 Å². The summed E-state index contributed by atoms with van der Waals surface area (Å²) in [5, 5.41) is 3.46.